The number of hydrogen-bond acceptors (Lipinski definition) is 2. The van der Waals surface area contributed by atoms with Gasteiger partial charge in [-0.05, 0) is 19.1 Å². The average molecular weight is 168 g/mol. The van der Waals surface area contributed by atoms with Gasteiger partial charge in [-0.25, -0.2) is 4.39 Å². The Morgan fingerprint density at radius 1 is 1.50 bits per heavy atom. The molecule has 2 rings (SSSR count). The lowest BCUT2D eigenvalue weighted by molar-refractivity contribution is 0.0983. The molecule has 0 spiro atoms. The van der Waals surface area contributed by atoms with Crippen LogP contribution >= 0.6 is 0 Å². The highest BCUT2D eigenvalue weighted by Gasteiger charge is 2.19. The first-order valence-corrected chi connectivity index (χ1v) is 3.85. The fraction of sp³-hybridized carbons (Fsp3) is 0.333. The van der Waals surface area contributed by atoms with Crippen LogP contribution in [0.15, 0.2) is 18.2 Å². The molecule has 1 aliphatic heterocycles. The van der Waals surface area contributed by atoms with Crippen LogP contribution < -0.4 is 9.47 Å². The second-order valence-corrected chi connectivity index (χ2v) is 2.81. The zero-order valence-electron chi connectivity index (χ0n) is 6.71. The Kier molecular flexibility index (Phi) is 1.64. The molecule has 1 heterocycles. The van der Waals surface area contributed by atoms with Crippen LogP contribution in [-0.4, -0.2) is 12.7 Å². The molecule has 1 atom stereocenters. The van der Waals surface area contributed by atoms with Crippen molar-refractivity contribution in [2.75, 3.05) is 6.61 Å². The van der Waals surface area contributed by atoms with Gasteiger partial charge in [0.05, 0.1) is 0 Å². The lowest BCUT2D eigenvalue weighted by atomic mass is 10.2. The monoisotopic (exact) mass is 168 g/mol. The quantitative estimate of drug-likeness (QED) is 0.589. The minimum Gasteiger partial charge on any atom is -0.486 e. The molecule has 3 heteroatoms. The van der Waals surface area contributed by atoms with Crippen LogP contribution in [-0.2, 0) is 0 Å². The smallest absolute Gasteiger partial charge is 0.197 e. The van der Waals surface area contributed by atoms with Gasteiger partial charge in [-0.15, -0.1) is 0 Å². The van der Waals surface area contributed by atoms with Crippen molar-refractivity contribution in [3.8, 4) is 11.5 Å². The van der Waals surface area contributed by atoms with Crippen molar-refractivity contribution in [2.24, 2.45) is 0 Å². The van der Waals surface area contributed by atoms with Gasteiger partial charge in [0.1, 0.15) is 12.7 Å². The first-order chi connectivity index (χ1) is 5.77. The fourth-order valence-electron chi connectivity index (χ4n) is 1.16. The van der Waals surface area contributed by atoms with E-state index < -0.39 is 0 Å². The summed E-state index contributed by atoms with van der Waals surface area (Å²) in [6, 6.07) is 4.66. The van der Waals surface area contributed by atoms with Gasteiger partial charge in [-0.2, -0.15) is 0 Å². The molecule has 0 N–H and O–H groups in total. The molecule has 1 aromatic carbocycles. The summed E-state index contributed by atoms with van der Waals surface area (Å²) in [4.78, 5) is 0. The van der Waals surface area contributed by atoms with Crippen LogP contribution in [0.3, 0.4) is 0 Å². The van der Waals surface area contributed by atoms with Crippen LogP contribution in [0, 0.1) is 5.82 Å². The van der Waals surface area contributed by atoms with E-state index >= 15 is 0 Å². The SMILES string of the molecule is CC1COc2cccc(F)c2O1. The van der Waals surface area contributed by atoms with E-state index in [0.29, 0.717) is 12.4 Å². The van der Waals surface area contributed by atoms with E-state index in [4.69, 9.17) is 9.47 Å². The highest BCUT2D eigenvalue weighted by Crippen LogP contribution is 2.33. The number of halogens is 1. The first-order valence-electron chi connectivity index (χ1n) is 3.85. The highest BCUT2D eigenvalue weighted by atomic mass is 19.1. The minimum atomic E-state index is -0.362. The lowest BCUT2D eigenvalue weighted by Gasteiger charge is -2.23. The topological polar surface area (TPSA) is 18.5 Å². The number of fused-ring (bicyclic) bond motifs is 1. The van der Waals surface area contributed by atoms with Gasteiger partial charge < -0.3 is 9.47 Å². The summed E-state index contributed by atoms with van der Waals surface area (Å²) in [5.41, 5.74) is 0. The van der Waals surface area contributed by atoms with E-state index in [9.17, 15) is 4.39 Å². The molecule has 1 aromatic rings. The first kappa shape index (κ1) is 7.40. The van der Waals surface area contributed by atoms with Gasteiger partial charge in [0.2, 0.25) is 0 Å². The van der Waals surface area contributed by atoms with Crippen LogP contribution in [0.4, 0.5) is 4.39 Å². The van der Waals surface area contributed by atoms with Crippen LogP contribution in [0.2, 0.25) is 0 Å². The molecule has 2 nitrogen and oxygen atoms in total. The molecule has 0 aromatic heterocycles. The molecule has 64 valence electrons. The van der Waals surface area contributed by atoms with Gasteiger partial charge in [-0.1, -0.05) is 6.07 Å². The largest absolute Gasteiger partial charge is 0.486 e. The maximum absolute atomic E-state index is 13.0. The Hall–Kier alpha value is -1.25. The summed E-state index contributed by atoms with van der Waals surface area (Å²) in [6.45, 7) is 2.33. The highest BCUT2D eigenvalue weighted by molar-refractivity contribution is 5.41. The number of ether oxygens (including phenoxy) is 2. The summed E-state index contributed by atoms with van der Waals surface area (Å²) in [5.74, 6) is 0.364. The third kappa shape index (κ3) is 1.11. The molecule has 0 amide bonds. The molecular formula is C9H9FO2. The molecule has 0 bridgehead atoms. The van der Waals surface area contributed by atoms with Gasteiger partial charge >= 0.3 is 0 Å². The molecule has 0 aliphatic carbocycles. The Balaban J connectivity index is 2.43. The summed E-state index contributed by atoms with van der Waals surface area (Å²) < 4.78 is 23.6. The van der Waals surface area contributed by atoms with Gasteiger partial charge in [-0.3, -0.25) is 0 Å². The van der Waals surface area contributed by atoms with E-state index in [2.05, 4.69) is 0 Å². The average Bonchev–Trinajstić information content (AvgIpc) is 2.07. The zero-order valence-corrected chi connectivity index (χ0v) is 6.71. The van der Waals surface area contributed by atoms with E-state index in [1.165, 1.54) is 6.07 Å². The predicted octanol–water partition coefficient (Wildman–Crippen LogP) is 1.99. The van der Waals surface area contributed by atoms with Crippen molar-refractivity contribution in [3.05, 3.63) is 24.0 Å². The molecule has 0 saturated heterocycles. The molecule has 1 unspecified atom stereocenters. The number of para-hydroxylation sites is 1. The zero-order chi connectivity index (χ0) is 8.55. The van der Waals surface area contributed by atoms with Gasteiger partial charge in [0.25, 0.3) is 0 Å². The molecule has 1 aliphatic rings. The van der Waals surface area contributed by atoms with E-state index in [1.54, 1.807) is 12.1 Å². The second-order valence-electron chi connectivity index (χ2n) is 2.81. The molecular weight excluding hydrogens is 159 g/mol. The summed E-state index contributed by atoms with van der Waals surface area (Å²) in [5, 5.41) is 0. The molecule has 12 heavy (non-hydrogen) atoms. The number of hydrogen-bond donors (Lipinski definition) is 0. The minimum absolute atomic E-state index is 0.0746. The van der Waals surface area contributed by atoms with Crippen molar-refractivity contribution in [1.82, 2.24) is 0 Å². The Bertz CT molecular complexity index is 299. The maximum atomic E-state index is 13.0. The molecule has 0 radical (unpaired) electrons. The van der Waals surface area contributed by atoms with E-state index in [-0.39, 0.29) is 17.7 Å². The van der Waals surface area contributed by atoms with E-state index in [1.807, 2.05) is 6.92 Å². The maximum Gasteiger partial charge on any atom is 0.197 e. The van der Waals surface area contributed by atoms with Gasteiger partial charge in [0.15, 0.2) is 17.3 Å². The predicted molar refractivity (Wildman–Crippen MR) is 42.0 cm³/mol. The summed E-state index contributed by atoms with van der Waals surface area (Å²) >= 11 is 0. The third-order valence-electron chi connectivity index (χ3n) is 1.72. The molecule has 0 saturated carbocycles. The standard InChI is InChI=1S/C9H9FO2/c1-6-5-11-8-4-2-3-7(10)9(8)12-6/h2-4,6H,5H2,1H3. The van der Waals surface area contributed by atoms with Gasteiger partial charge in [0, 0.05) is 0 Å². The Morgan fingerprint density at radius 2 is 2.33 bits per heavy atom. The summed E-state index contributed by atoms with van der Waals surface area (Å²) in [6.07, 6.45) is -0.0746. The Morgan fingerprint density at radius 3 is 3.17 bits per heavy atom. The fourth-order valence-corrected chi connectivity index (χ4v) is 1.16. The van der Waals surface area contributed by atoms with Crippen molar-refractivity contribution in [3.63, 3.8) is 0 Å². The molecule has 0 fully saturated rings. The van der Waals surface area contributed by atoms with Crippen LogP contribution in [0.1, 0.15) is 6.92 Å². The van der Waals surface area contributed by atoms with Crippen LogP contribution in [0.5, 0.6) is 11.5 Å². The van der Waals surface area contributed by atoms with E-state index in [0.717, 1.165) is 0 Å². The Labute approximate surface area is 69.9 Å². The summed E-state index contributed by atoms with van der Waals surface area (Å²) in [7, 11) is 0. The van der Waals surface area contributed by atoms with Crippen molar-refractivity contribution >= 4 is 0 Å². The second kappa shape index (κ2) is 2.66. The third-order valence-corrected chi connectivity index (χ3v) is 1.72. The number of rotatable bonds is 0. The van der Waals surface area contributed by atoms with Crippen LogP contribution in [0.25, 0.3) is 0 Å². The van der Waals surface area contributed by atoms with Crippen molar-refractivity contribution < 1.29 is 13.9 Å². The van der Waals surface area contributed by atoms with Crippen molar-refractivity contribution in [1.29, 1.82) is 0 Å². The van der Waals surface area contributed by atoms with Crippen molar-refractivity contribution in [2.45, 2.75) is 13.0 Å². The lowest BCUT2D eigenvalue weighted by Crippen LogP contribution is -2.26. The normalized spacial score (nSPS) is 20.7. The number of benzene rings is 1.